The summed E-state index contributed by atoms with van der Waals surface area (Å²) in [5.41, 5.74) is 2.85. The van der Waals surface area contributed by atoms with Gasteiger partial charge in [0.05, 0.1) is 6.61 Å². The van der Waals surface area contributed by atoms with E-state index in [9.17, 15) is 4.79 Å². The molecule has 0 spiro atoms. The van der Waals surface area contributed by atoms with E-state index in [0.29, 0.717) is 5.69 Å². The molecule has 0 bridgehead atoms. The van der Waals surface area contributed by atoms with Crippen molar-refractivity contribution in [2.75, 3.05) is 6.61 Å². The monoisotopic (exact) mass is 259 g/mol. The first kappa shape index (κ1) is 11.4. The molecule has 0 N–H and O–H groups in total. The Hall–Kier alpha value is -1.68. The Morgan fingerprint density at radius 3 is 3.11 bits per heavy atom. The molecule has 92 valence electrons. The summed E-state index contributed by atoms with van der Waals surface area (Å²) in [7, 11) is 0. The fraction of sp³-hybridized carbons (Fsp3) is 0.286. The molecule has 0 amide bonds. The number of thiazole rings is 1. The van der Waals surface area contributed by atoms with Crippen LogP contribution in [-0.2, 0) is 6.42 Å². The van der Waals surface area contributed by atoms with E-state index in [2.05, 4.69) is 11.1 Å². The van der Waals surface area contributed by atoms with Crippen molar-refractivity contribution in [1.82, 2.24) is 4.98 Å². The largest absolute Gasteiger partial charge is 0.493 e. The van der Waals surface area contributed by atoms with Gasteiger partial charge in [0.2, 0.25) is 0 Å². The van der Waals surface area contributed by atoms with Gasteiger partial charge < -0.3 is 4.74 Å². The quantitative estimate of drug-likeness (QED) is 0.776. The molecule has 0 atom stereocenters. The third-order valence-electron chi connectivity index (χ3n) is 3.02. The van der Waals surface area contributed by atoms with Crippen LogP contribution in [0.15, 0.2) is 23.6 Å². The molecular weight excluding hydrogens is 246 g/mol. The van der Waals surface area contributed by atoms with Crippen molar-refractivity contribution >= 4 is 17.1 Å². The highest BCUT2D eigenvalue weighted by atomic mass is 32.1. The van der Waals surface area contributed by atoms with Crippen LogP contribution in [0.1, 0.15) is 29.4 Å². The van der Waals surface area contributed by atoms with Gasteiger partial charge in [-0.05, 0) is 36.6 Å². The average molecular weight is 259 g/mol. The highest BCUT2D eigenvalue weighted by Gasteiger charge is 2.13. The van der Waals surface area contributed by atoms with E-state index >= 15 is 0 Å². The summed E-state index contributed by atoms with van der Waals surface area (Å²) in [6.45, 7) is 2.34. The molecule has 1 aliphatic heterocycles. The van der Waals surface area contributed by atoms with Gasteiger partial charge in [0.15, 0.2) is 5.78 Å². The molecule has 1 aromatic carbocycles. The van der Waals surface area contributed by atoms with Crippen molar-refractivity contribution in [3.63, 3.8) is 0 Å². The smallest absolute Gasteiger partial charge is 0.178 e. The lowest BCUT2D eigenvalue weighted by atomic mass is 10.0. The summed E-state index contributed by atoms with van der Waals surface area (Å²) < 4.78 is 5.59. The van der Waals surface area contributed by atoms with Gasteiger partial charge in [0.25, 0.3) is 0 Å². The Morgan fingerprint density at radius 1 is 1.44 bits per heavy atom. The predicted octanol–water partition coefficient (Wildman–Crippen LogP) is 3.34. The number of ketones is 1. The number of rotatable bonds is 2. The van der Waals surface area contributed by atoms with E-state index in [1.165, 1.54) is 16.9 Å². The van der Waals surface area contributed by atoms with Crippen molar-refractivity contribution < 1.29 is 9.53 Å². The SMILES string of the molecule is CC(=O)c1csc(-c2ccc3c(c2)CCCO3)n1. The molecule has 0 radical (unpaired) electrons. The van der Waals surface area contributed by atoms with E-state index in [0.717, 1.165) is 35.8 Å². The highest BCUT2D eigenvalue weighted by Crippen LogP contribution is 2.31. The second kappa shape index (κ2) is 4.53. The minimum absolute atomic E-state index is 0.0128. The van der Waals surface area contributed by atoms with Crippen molar-refractivity contribution in [2.45, 2.75) is 19.8 Å². The predicted molar refractivity (Wildman–Crippen MR) is 71.4 cm³/mol. The number of fused-ring (bicyclic) bond motifs is 1. The minimum Gasteiger partial charge on any atom is -0.493 e. The molecule has 4 heteroatoms. The van der Waals surface area contributed by atoms with Crippen LogP contribution in [0.2, 0.25) is 0 Å². The van der Waals surface area contributed by atoms with Gasteiger partial charge in [-0.15, -0.1) is 11.3 Å². The van der Waals surface area contributed by atoms with E-state index in [1.54, 1.807) is 6.92 Å². The molecule has 0 saturated heterocycles. The van der Waals surface area contributed by atoms with Crippen LogP contribution >= 0.6 is 11.3 Å². The maximum atomic E-state index is 11.2. The first-order valence-corrected chi connectivity index (χ1v) is 6.84. The number of aromatic nitrogens is 1. The molecule has 1 aliphatic rings. The van der Waals surface area contributed by atoms with E-state index in [4.69, 9.17) is 4.74 Å². The zero-order chi connectivity index (χ0) is 12.5. The Labute approximate surface area is 109 Å². The number of hydrogen-bond acceptors (Lipinski definition) is 4. The van der Waals surface area contributed by atoms with Crippen molar-refractivity contribution in [3.8, 4) is 16.3 Å². The lowest BCUT2D eigenvalue weighted by molar-refractivity contribution is 0.101. The zero-order valence-corrected chi connectivity index (χ0v) is 10.9. The summed E-state index contributed by atoms with van der Waals surface area (Å²) in [5, 5.41) is 2.71. The maximum Gasteiger partial charge on any atom is 0.178 e. The number of carbonyl (C=O) groups excluding carboxylic acids is 1. The standard InChI is InChI=1S/C14H13NO2S/c1-9(16)12-8-18-14(15-12)11-4-5-13-10(7-11)3-2-6-17-13/h4-5,7-8H,2-3,6H2,1H3. The van der Waals surface area contributed by atoms with Gasteiger partial charge in [-0.1, -0.05) is 0 Å². The number of aryl methyl sites for hydroxylation is 1. The van der Waals surface area contributed by atoms with Gasteiger partial charge >= 0.3 is 0 Å². The van der Waals surface area contributed by atoms with Crippen molar-refractivity contribution in [2.24, 2.45) is 0 Å². The van der Waals surface area contributed by atoms with Gasteiger partial charge in [0, 0.05) is 17.9 Å². The Morgan fingerprint density at radius 2 is 2.33 bits per heavy atom. The van der Waals surface area contributed by atoms with Gasteiger partial charge in [-0.25, -0.2) is 4.98 Å². The van der Waals surface area contributed by atoms with E-state index in [-0.39, 0.29) is 5.78 Å². The molecule has 2 heterocycles. The van der Waals surface area contributed by atoms with Crippen LogP contribution in [-0.4, -0.2) is 17.4 Å². The third kappa shape index (κ3) is 2.04. The Balaban J connectivity index is 1.98. The summed E-state index contributed by atoms with van der Waals surface area (Å²) >= 11 is 1.51. The second-order valence-electron chi connectivity index (χ2n) is 4.37. The molecule has 0 saturated carbocycles. The number of ether oxygens (including phenoxy) is 1. The first-order chi connectivity index (χ1) is 8.74. The average Bonchev–Trinajstić information content (AvgIpc) is 2.88. The summed E-state index contributed by atoms with van der Waals surface area (Å²) in [6, 6.07) is 6.13. The minimum atomic E-state index is 0.0128. The molecule has 3 rings (SSSR count). The fourth-order valence-corrected chi connectivity index (χ4v) is 2.92. The lowest BCUT2D eigenvalue weighted by Crippen LogP contribution is -2.08. The van der Waals surface area contributed by atoms with Crippen LogP contribution in [0.4, 0.5) is 0 Å². The summed E-state index contributed by atoms with van der Waals surface area (Å²) in [4.78, 5) is 15.6. The van der Waals surface area contributed by atoms with Crippen molar-refractivity contribution in [1.29, 1.82) is 0 Å². The lowest BCUT2D eigenvalue weighted by Gasteiger charge is -2.17. The number of nitrogens with zero attached hydrogens (tertiary/aromatic N) is 1. The highest BCUT2D eigenvalue weighted by molar-refractivity contribution is 7.13. The first-order valence-electron chi connectivity index (χ1n) is 5.96. The zero-order valence-electron chi connectivity index (χ0n) is 10.1. The molecule has 18 heavy (non-hydrogen) atoms. The van der Waals surface area contributed by atoms with Crippen LogP contribution < -0.4 is 4.74 Å². The van der Waals surface area contributed by atoms with E-state index < -0.39 is 0 Å². The fourth-order valence-electron chi connectivity index (χ4n) is 2.06. The topological polar surface area (TPSA) is 39.2 Å². The molecule has 0 fully saturated rings. The number of benzene rings is 1. The number of Topliss-reactive ketones (excluding diaryl/α,β-unsaturated/α-hetero) is 1. The van der Waals surface area contributed by atoms with Gasteiger partial charge in [0.1, 0.15) is 16.5 Å². The molecule has 2 aromatic rings. The van der Waals surface area contributed by atoms with Crippen LogP contribution in [0.25, 0.3) is 10.6 Å². The Bertz CT molecular complexity index is 604. The maximum absolute atomic E-state index is 11.2. The van der Waals surface area contributed by atoms with Gasteiger partial charge in [-0.2, -0.15) is 0 Å². The molecule has 1 aromatic heterocycles. The van der Waals surface area contributed by atoms with Crippen molar-refractivity contribution in [3.05, 3.63) is 34.8 Å². The van der Waals surface area contributed by atoms with E-state index in [1.807, 2.05) is 17.5 Å². The molecule has 3 nitrogen and oxygen atoms in total. The number of hydrogen-bond donors (Lipinski definition) is 0. The Kier molecular flexibility index (Phi) is 2.88. The molecule has 0 unspecified atom stereocenters. The van der Waals surface area contributed by atoms with Gasteiger partial charge in [-0.3, -0.25) is 4.79 Å². The summed E-state index contributed by atoms with van der Waals surface area (Å²) in [6.07, 6.45) is 2.11. The molecule has 0 aliphatic carbocycles. The second-order valence-corrected chi connectivity index (χ2v) is 5.23. The van der Waals surface area contributed by atoms with Crippen LogP contribution in [0.5, 0.6) is 5.75 Å². The number of carbonyl (C=O) groups is 1. The third-order valence-corrected chi connectivity index (χ3v) is 3.91. The van der Waals surface area contributed by atoms with Crippen LogP contribution in [0, 0.1) is 0 Å². The summed E-state index contributed by atoms with van der Waals surface area (Å²) in [5.74, 6) is 0.993. The van der Waals surface area contributed by atoms with Crippen LogP contribution in [0.3, 0.4) is 0 Å². The molecular formula is C14H13NO2S. The normalized spacial score (nSPS) is 13.8.